The summed E-state index contributed by atoms with van der Waals surface area (Å²) >= 11 is 0. The van der Waals surface area contributed by atoms with Crippen molar-refractivity contribution in [2.75, 3.05) is 13.2 Å². The van der Waals surface area contributed by atoms with Crippen molar-refractivity contribution in [1.82, 2.24) is 0 Å². The zero-order valence-electron chi connectivity index (χ0n) is 10.5. The number of benzene rings is 1. The SMILES string of the molecule is NCCCOC1CCC(c2ccccc2)CC1. The Balaban J connectivity index is 1.74. The maximum Gasteiger partial charge on any atom is 0.0575 e. The lowest BCUT2D eigenvalue weighted by Gasteiger charge is -2.28. The van der Waals surface area contributed by atoms with Crippen LogP contribution in [0, 0.1) is 0 Å². The minimum Gasteiger partial charge on any atom is -0.378 e. The van der Waals surface area contributed by atoms with E-state index >= 15 is 0 Å². The van der Waals surface area contributed by atoms with E-state index in [1.54, 1.807) is 0 Å². The van der Waals surface area contributed by atoms with E-state index in [0.717, 1.165) is 25.5 Å². The summed E-state index contributed by atoms with van der Waals surface area (Å²) in [6, 6.07) is 10.9. The predicted octanol–water partition coefficient (Wildman–Crippen LogP) is 3.08. The third kappa shape index (κ3) is 3.83. The summed E-state index contributed by atoms with van der Waals surface area (Å²) in [5, 5.41) is 0. The molecule has 17 heavy (non-hydrogen) atoms. The van der Waals surface area contributed by atoms with Gasteiger partial charge >= 0.3 is 0 Å². The molecule has 0 radical (unpaired) electrons. The number of ether oxygens (including phenoxy) is 1. The summed E-state index contributed by atoms with van der Waals surface area (Å²) < 4.78 is 5.83. The lowest BCUT2D eigenvalue weighted by Crippen LogP contribution is -2.22. The van der Waals surface area contributed by atoms with Crippen LogP contribution in [-0.2, 0) is 4.74 Å². The van der Waals surface area contributed by atoms with E-state index in [4.69, 9.17) is 10.5 Å². The van der Waals surface area contributed by atoms with Gasteiger partial charge in [-0.2, -0.15) is 0 Å². The Kier molecular flexibility index (Phi) is 5.02. The summed E-state index contributed by atoms with van der Waals surface area (Å²) in [6.07, 6.45) is 6.38. The van der Waals surface area contributed by atoms with E-state index in [9.17, 15) is 0 Å². The molecule has 94 valence electrons. The van der Waals surface area contributed by atoms with Gasteiger partial charge in [0.1, 0.15) is 0 Å². The molecule has 1 aromatic rings. The smallest absolute Gasteiger partial charge is 0.0575 e. The molecule has 1 aromatic carbocycles. The molecule has 0 unspecified atom stereocenters. The van der Waals surface area contributed by atoms with Gasteiger partial charge in [-0.3, -0.25) is 0 Å². The molecular formula is C15H23NO. The van der Waals surface area contributed by atoms with Crippen LogP contribution in [0.25, 0.3) is 0 Å². The van der Waals surface area contributed by atoms with Crippen molar-refractivity contribution < 1.29 is 4.74 Å². The zero-order valence-corrected chi connectivity index (χ0v) is 10.5. The minimum atomic E-state index is 0.474. The summed E-state index contributed by atoms with van der Waals surface area (Å²) in [5.74, 6) is 0.741. The van der Waals surface area contributed by atoms with Crippen LogP contribution in [0.5, 0.6) is 0 Å². The zero-order chi connectivity index (χ0) is 11.9. The Morgan fingerprint density at radius 1 is 1.06 bits per heavy atom. The second-order valence-corrected chi connectivity index (χ2v) is 4.90. The van der Waals surface area contributed by atoms with Crippen molar-refractivity contribution in [3.05, 3.63) is 35.9 Å². The van der Waals surface area contributed by atoms with Crippen molar-refractivity contribution >= 4 is 0 Å². The van der Waals surface area contributed by atoms with E-state index in [0.29, 0.717) is 6.10 Å². The van der Waals surface area contributed by atoms with Gasteiger partial charge in [-0.25, -0.2) is 0 Å². The summed E-state index contributed by atoms with van der Waals surface area (Å²) in [7, 11) is 0. The van der Waals surface area contributed by atoms with Crippen molar-refractivity contribution in [3.63, 3.8) is 0 Å². The topological polar surface area (TPSA) is 35.2 Å². The first-order chi connectivity index (χ1) is 8.40. The maximum absolute atomic E-state index is 5.83. The minimum absolute atomic E-state index is 0.474. The highest BCUT2D eigenvalue weighted by Crippen LogP contribution is 2.33. The second kappa shape index (κ2) is 6.77. The van der Waals surface area contributed by atoms with Gasteiger partial charge in [-0.1, -0.05) is 30.3 Å². The normalized spacial score (nSPS) is 24.8. The van der Waals surface area contributed by atoms with E-state index in [1.807, 2.05) is 0 Å². The number of rotatable bonds is 5. The molecule has 1 saturated carbocycles. The van der Waals surface area contributed by atoms with E-state index in [-0.39, 0.29) is 0 Å². The maximum atomic E-state index is 5.83. The summed E-state index contributed by atoms with van der Waals surface area (Å²) in [5.41, 5.74) is 6.96. The molecule has 1 fully saturated rings. The number of nitrogens with two attached hydrogens (primary N) is 1. The second-order valence-electron chi connectivity index (χ2n) is 4.90. The molecule has 0 atom stereocenters. The van der Waals surface area contributed by atoms with Crippen molar-refractivity contribution in [2.24, 2.45) is 5.73 Å². The molecule has 0 aromatic heterocycles. The van der Waals surface area contributed by atoms with Crippen LogP contribution in [-0.4, -0.2) is 19.3 Å². The largest absolute Gasteiger partial charge is 0.378 e. The highest BCUT2D eigenvalue weighted by atomic mass is 16.5. The fraction of sp³-hybridized carbons (Fsp3) is 0.600. The third-order valence-corrected chi connectivity index (χ3v) is 3.65. The monoisotopic (exact) mass is 233 g/mol. The fourth-order valence-electron chi connectivity index (χ4n) is 2.62. The molecule has 1 aliphatic rings. The first kappa shape index (κ1) is 12.6. The first-order valence-corrected chi connectivity index (χ1v) is 6.76. The van der Waals surface area contributed by atoms with Crippen LogP contribution in [0.4, 0.5) is 0 Å². The molecule has 2 heteroatoms. The lowest BCUT2D eigenvalue weighted by atomic mass is 9.83. The van der Waals surface area contributed by atoms with E-state index in [1.165, 1.54) is 31.2 Å². The quantitative estimate of drug-likeness (QED) is 0.793. The van der Waals surface area contributed by atoms with Crippen molar-refractivity contribution in [3.8, 4) is 0 Å². The Morgan fingerprint density at radius 3 is 2.41 bits per heavy atom. The Bertz CT molecular complexity index is 304. The van der Waals surface area contributed by atoms with Crippen LogP contribution >= 0.6 is 0 Å². The third-order valence-electron chi connectivity index (χ3n) is 3.65. The van der Waals surface area contributed by atoms with Crippen LogP contribution in [0.3, 0.4) is 0 Å². The lowest BCUT2D eigenvalue weighted by molar-refractivity contribution is 0.0243. The Hall–Kier alpha value is -0.860. The van der Waals surface area contributed by atoms with Gasteiger partial charge in [-0.15, -0.1) is 0 Å². The average Bonchev–Trinajstić information content (AvgIpc) is 2.41. The fourth-order valence-corrected chi connectivity index (χ4v) is 2.62. The van der Waals surface area contributed by atoms with Gasteiger partial charge in [0.25, 0.3) is 0 Å². The van der Waals surface area contributed by atoms with Gasteiger partial charge in [0.2, 0.25) is 0 Å². The Labute approximate surface area is 104 Å². The molecular weight excluding hydrogens is 210 g/mol. The van der Waals surface area contributed by atoms with Crippen molar-refractivity contribution in [1.29, 1.82) is 0 Å². The standard InChI is InChI=1S/C15H23NO/c16-11-4-12-17-15-9-7-14(8-10-15)13-5-2-1-3-6-13/h1-3,5-6,14-15H,4,7-12,16H2. The summed E-state index contributed by atoms with van der Waals surface area (Å²) in [6.45, 7) is 1.57. The summed E-state index contributed by atoms with van der Waals surface area (Å²) in [4.78, 5) is 0. The van der Waals surface area contributed by atoms with Crippen LogP contribution in [0.15, 0.2) is 30.3 Å². The van der Waals surface area contributed by atoms with Gasteiger partial charge in [0.15, 0.2) is 0 Å². The predicted molar refractivity (Wildman–Crippen MR) is 71.1 cm³/mol. The van der Waals surface area contributed by atoms with Gasteiger partial charge in [-0.05, 0) is 50.1 Å². The number of hydrogen-bond donors (Lipinski definition) is 1. The highest BCUT2D eigenvalue weighted by molar-refractivity contribution is 5.19. The highest BCUT2D eigenvalue weighted by Gasteiger charge is 2.22. The van der Waals surface area contributed by atoms with Crippen LogP contribution in [0.1, 0.15) is 43.6 Å². The average molecular weight is 233 g/mol. The Morgan fingerprint density at radius 2 is 1.76 bits per heavy atom. The molecule has 0 bridgehead atoms. The molecule has 1 aliphatic carbocycles. The van der Waals surface area contributed by atoms with Crippen LogP contribution < -0.4 is 5.73 Å². The molecule has 2 N–H and O–H groups in total. The number of hydrogen-bond acceptors (Lipinski definition) is 2. The molecule has 0 aliphatic heterocycles. The molecule has 0 amide bonds. The van der Waals surface area contributed by atoms with Gasteiger partial charge < -0.3 is 10.5 Å². The van der Waals surface area contributed by atoms with Gasteiger partial charge in [0, 0.05) is 6.61 Å². The molecule has 0 saturated heterocycles. The molecule has 2 rings (SSSR count). The van der Waals surface area contributed by atoms with E-state index in [2.05, 4.69) is 30.3 Å². The van der Waals surface area contributed by atoms with E-state index < -0.39 is 0 Å². The van der Waals surface area contributed by atoms with Crippen LogP contribution in [0.2, 0.25) is 0 Å². The van der Waals surface area contributed by atoms with Gasteiger partial charge in [0.05, 0.1) is 6.10 Å². The molecule has 0 heterocycles. The van der Waals surface area contributed by atoms with Crippen molar-refractivity contribution in [2.45, 2.75) is 44.1 Å². The first-order valence-electron chi connectivity index (χ1n) is 6.76. The molecule has 0 spiro atoms. The molecule has 2 nitrogen and oxygen atoms in total.